The number of thiazole rings is 1. The fraction of sp³-hybridized carbons (Fsp3) is 0.545. The molecule has 1 N–H and O–H groups in total. The molecular formula is C11H15N3S. The van der Waals surface area contributed by atoms with Gasteiger partial charge >= 0.3 is 0 Å². The molecule has 0 aromatic carbocycles. The molecule has 1 fully saturated rings. The predicted molar refractivity (Wildman–Crippen MR) is 62.7 cm³/mol. The molecule has 0 radical (unpaired) electrons. The zero-order valence-corrected chi connectivity index (χ0v) is 9.68. The Morgan fingerprint density at radius 2 is 2.27 bits per heavy atom. The molecule has 4 heteroatoms. The van der Waals surface area contributed by atoms with Crippen LogP contribution in [0.2, 0.25) is 0 Å². The van der Waals surface area contributed by atoms with Gasteiger partial charge in [0, 0.05) is 23.2 Å². The molecule has 0 saturated carbocycles. The topological polar surface area (TPSA) is 29.3 Å². The van der Waals surface area contributed by atoms with E-state index in [1.807, 2.05) is 0 Å². The third kappa shape index (κ3) is 1.48. The van der Waals surface area contributed by atoms with Gasteiger partial charge in [-0.2, -0.15) is 0 Å². The van der Waals surface area contributed by atoms with Crippen molar-refractivity contribution in [2.24, 2.45) is 0 Å². The molecule has 1 saturated heterocycles. The second-order valence-electron chi connectivity index (χ2n) is 4.16. The highest BCUT2D eigenvalue weighted by Gasteiger charge is 2.21. The van der Waals surface area contributed by atoms with Crippen molar-refractivity contribution in [3.63, 3.8) is 0 Å². The minimum Gasteiger partial charge on any atom is -0.317 e. The van der Waals surface area contributed by atoms with Gasteiger partial charge in [-0.25, -0.2) is 4.98 Å². The Labute approximate surface area is 93.1 Å². The molecule has 0 unspecified atom stereocenters. The van der Waals surface area contributed by atoms with Gasteiger partial charge in [-0.1, -0.05) is 0 Å². The largest absolute Gasteiger partial charge is 0.317 e. The summed E-state index contributed by atoms with van der Waals surface area (Å²) < 4.78 is 2.27. The van der Waals surface area contributed by atoms with Crippen molar-refractivity contribution in [2.45, 2.75) is 25.7 Å². The van der Waals surface area contributed by atoms with E-state index in [-0.39, 0.29) is 0 Å². The average molecular weight is 221 g/mol. The van der Waals surface area contributed by atoms with Gasteiger partial charge in [-0.15, -0.1) is 11.3 Å². The Kier molecular flexibility index (Phi) is 2.25. The minimum absolute atomic E-state index is 0.691. The van der Waals surface area contributed by atoms with Crippen molar-refractivity contribution < 1.29 is 0 Å². The SMILES string of the molecule is Cc1nc2sccn2c1C1CCNCC1. The van der Waals surface area contributed by atoms with Gasteiger partial charge in [0.25, 0.3) is 0 Å². The van der Waals surface area contributed by atoms with Crippen molar-refractivity contribution in [1.82, 2.24) is 14.7 Å². The first kappa shape index (κ1) is 9.36. The van der Waals surface area contributed by atoms with Crippen LogP contribution in [0.3, 0.4) is 0 Å². The summed E-state index contributed by atoms with van der Waals surface area (Å²) in [5.74, 6) is 0.691. The van der Waals surface area contributed by atoms with Gasteiger partial charge < -0.3 is 5.32 Å². The van der Waals surface area contributed by atoms with Gasteiger partial charge in [0.15, 0.2) is 4.96 Å². The van der Waals surface area contributed by atoms with E-state index in [0.29, 0.717) is 5.92 Å². The summed E-state index contributed by atoms with van der Waals surface area (Å²) in [6, 6.07) is 0. The van der Waals surface area contributed by atoms with Crippen molar-refractivity contribution in [2.75, 3.05) is 13.1 Å². The summed E-state index contributed by atoms with van der Waals surface area (Å²) >= 11 is 1.72. The first-order chi connectivity index (χ1) is 7.36. The molecule has 3 nitrogen and oxygen atoms in total. The maximum Gasteiger partial charge on any atom is 0.194 e. The predicted octanol–water partition coefficient (Wildman–Crippen LogP) is 2.17. The molecule has 3 heterocycles. The molecule has 0 atom stereocenters. The number of fused-ring (bicyclic) bond motifs is 1. The first-order valence-electron chi connectivity index (χ1n) is 5.49. The van der Waals surface area contributed by atoms with E-state index in [9.17, 15) is 0 Å². The molecule has 1 aliphatic rings. The number of hydrogen-bond donors (Lipinski definition) is 1. The molecule has 0 amide bonds. The molecule has 0 aliphatic carbocycles. The third-order valence-electron chi connectivity index (χ3n) is 3.21. The van der Waals surface area contributed by atoms with Crippen LogP contribution in [0.5, 0.6) is 0 Å². The van der Waals surface area contributed by atoms with Crippen LogP contribution in [0.25, 0.3) is 4.96 Å². The molecule has 1 aliphatic heterocycles. The van der Waals surface area contributed by atoms with E-state index in [0.717, 1.165) is 18.1 Å². The molecule has 80 valence electrons. The lowest BCUT2D eigenvalue weighted by Crippen LogP contribution is -2.27. The van der Waals surface area contributed by atoms with Gasteiger partial charge in [0.1, 0.15) is 0 Å². The lowest BCUT2D eigenvalue weighted by Gasteiger charge is -2.22. The van der Waals surface area contributed by atoms with Gasteiger partial charge in [-0.05, 0) is 32.9 Å². The smallest absolute Gasteiger partial charge is 0.194 e. The fourth-order valence-electron chi connectivity index (χ4n) is 2.50. The highest BCUT2D eigenvalue weighted by molar-refractivity contribution is 7.15. The molecule has 3 rings (SSSR count). The Morgan fingerprint density at radius 3 is 3.07 bits per heavy atom. The minimum atomic E-state index is 0.691. The van der Waals surface area contributed by atoms with Crippen molar-refractivity contribution >= 4 is 16.3 Å². The highest BCUT2D eigenvalue weighted by Crippen LogP contribution is 2.29. The van der Waals surface area contributed by atoms with Crippen molar-refractivity contribution in [3.05, 3.63) is 23.0 Å². The fourth-order valence-corrected chi connectivity index (χ4v) is 3.27. The van der Waals surface area contributed by atoms with E-state index in [1.165, 1.54) is 24.2 Å². The Morgan fingerprint density at radius 1 is 1.47 bits per heavy atom. The molecule has 0 bridgehead atoms. The molecule has 0 spiro atoms. The van der Waals surface area contributed by atoms with Crippen LogP contribution in [0.1, 0.15) is 30.1 Å². The van der Waals surface area contributed by atoms with E-state index in [1.54, 1.807) is 11.3 Å². The second-order valence-corrected chi connectivity index (χ2v) is 5.04. The lowest BCUT2D eigenvalue weighted by molar-refractivity contribution is 0.450. The summed E-state index contributed by atoms with van der Waals surface area (Å²) in [4.78, 5) is 5.75. The number of aryl methyl sites for hydroxylation is 1. The highest BCUT2D eigenvalue weighted by atomic mass is 32.1. The van der Waals surface area contributed by atoms with Crippen LogP contribution < -0.4 is 5.32 Å². The van der Waals surface area contributed by atoms with E-state index in [2.05, 4.69) is 33.2 Å². The van der Waals surface area contributed by atoms with E-state index >= 15 is 0 Å². The third-order valence-corrected chi connectivity index (χ3v) is 3.97. The van der Waals surface area contributed by atoms with Crippen LogP contribution in [0.4, 0.5) is 0 Å². The maximum absolute atomic E-state index is 4.61. The van der Waals surface area contributed by atoms with Crippen LogP contribution in [0, 0.1) is 6.92 Å². The van der Waals surface area contributed by atoms with Crippen molar-refractivity contribution in [3.8, 4) is 0 Å². The zero-order valence-electron chi connectivity index (χ0n) is 8.86. The Balaban J connectivity index is 2.07. The summed E-state index contributed by atoms with van der Waals surface area (Å²) in [7, 11) is 0. The van der Waals surface area contributed by atoms with Crippen LogP contribution >= 0.6 is 11.3 Å². The normalized spacial score (nSPS) is 18.7. The van der Waals surface area contributed by atoms with Gasteiger partial charge in [-0.3, -0.25) is 4.40 Å². The monoisotopic (exact) mass is 221 g/mol. The first-order valence-corrected chi connectivity index (χ1v) is 6.37. The summed E-state index contributed by atoms with van der Waals surface area (Å²) in [5.41, 5.74) is 2.65. The number of imidazole rings is 1. The summed E-state index contributed by atoms with van der Waals surface area (Å²) in [5, 5.41) is 5.53. The molecule has 2 aromatic heterocycles. The Bertz CT molecular complexity index is 465. The van der Waals surface area contributed by atoms with Gasteiger partial charge in [0.05, 0.1) is 5.69 Å². The van der Waals surface area contributed by atoms with E-state index < -0.39 is 0 Å². The van der Waals surface area contributed by atoms with Crippen LogP contribution in [-0.4, -0.2) is 22.5 Å². The average Bonchev–Trinajstić information content (AvgIpc) is 2.78. The van der Waals surface area contributed by atoms with E-state index in [4.69, 9.17) is 0 Å². The summed E-state index contributed by atoms with van der Waals surface area (Å²) in [6.07, 6.45) is 4.63. The van der Waals surface area contributed by atoms with Crippen molar-refractivity contribution in [1.29, 1.82) is 0 Å². The molecule has 15 heavy (non-hydrogen) atoms. The number of nitrogens with zero attached hydrogens (tertiary/aromatic N) is 2. The summed E-state index contributed by atoms with van der Waals surface area (Å²) in [6.45, 7) is 4.42. The Hall–Kier alpha value is -0.870. The standard InChI is InChI=1S/C11H15N3S/c1-8-10(9-2-4-12-5-3-9)14-6-7-15-11(14)13-8/h6-7,9,12H,2-5H2,1H3. The zero-order chi connectivity index (χ0) is 10.3. The number of piperidine rings is 1. The maximum atomic E-state index is 4.61. The van der Waals surface area contributed by atoms with Gasteiger partial charge in [0.2, 0.25) is 0 Å². The quantitative estimate of drug-likeness (QED) is 0.799. The lowest BCUT2D eigenvalue weighted by atomic mass is 9.93. The number of aromatic nitrogens is 2. The number of rotatable bonds is 1. The molecule has 2 aromatic rings. The molecular weight excluding hydrogens is 206 g/mol. The van der Waals surface area contributed by atoms with Crippen LogP contribution in [-0.2, 0) is 0 Å². The number of hydrogen-bond acceptors (Lipinski definition) is 3. The number of nitrogens with one attached hydrogen (secondary N) is 1. The van der Waals surface area contributed by atoms with Crippen LogP contribution in [0.15, 0.2) is 11.6 Å². The second kappa shape index (κ2) is 3.61.